The van der Waals surface area contributed by atoms with Gasteiger partial charge in [-0.3, -0.25) is 9.69 Å². The van der Waals surface area contributed by atoms with E-state index in [1.165, 1.54) is 0 Å². The van der Waals surface area contributed by atoms with Crippen LogP contribution in [0.1, 0.15) is 37.1 Å². The minimum atomic E-state index is -0.576. The first-order chi connectivity index (χ1) is 11.9. The van der Waals surface area contributed by atoms with Crippen LogP contribution in [0.25, 0.3) is 0 Å². The molecule has 0 unspecified atom stereocenters. The third kappa shape index (κ3) is 6.76. The Labute approximate surface area is 171 Å². The summed E-state index contributed by atoms with van der Waals surface area (Å²) in [6, 6.07) is 3.28. The number of guanidine groups is 1. The zero-order valence-corrected chi connectivity index (χ0v) is 18.0. The maximum absolute atomic E-state index is 11.1. The first kappa shape index (κ1) is 22.7. The first-order valence-corrected chi connectivity index (χ1v) is 8.66. The van der Waals surface area contributed by atoms with E-state index in [1.807, 2.05) is 6.92 Å². The number of carbonyl (C=O) groups excluding carboxylic acids is 1. The molecule has 8 nitrogen and oxygen atoms in total. The Morgan fingerprint density at radius 2 is 2.00 bits per heavy atom. The number of nitrogens with one attached hydrogen (secondary N) is 2. The molecule has 1 aromatic rings. The highest BCUT2D eigenvalue weighted by Gasteiger charge is 2.28. The minimum absolute atomic E-state index is 0. The lowest BCUT2D eigenvalue weighted by molar-refractivity contribution is -0.00834. The van der Waals surface area contributed by atoms with Crippen LogP contribution in [0.4, 0.5) is 0 Å². The molecule has 1 aliphatic heterocycles. The van der Waals surface area contributed by atoms with Gasteiger partial charge in [0.2, 0.25) is 0 Å². The van der Waals surface area contributed by atoms with Crippen molar-refractivity contribution >= 4 is 35.8 Å². The van der Waals surface area contributed by atoms with Gasteiger partial charge in [-0.1, -0.05) is 0 Å². The lowest BCUT2D eigenvalue weighted by Gasteiger charge is -2.41. The molecule has 0 radical (unpaired) electrons. The van der Waals surface area contributed by atoms with Crippen molar-refractivity contribution in [2.45, 2.75) is 32.9 Å². The van der Waals surface area contributed by atoms with Crippen molar-refractivity contribution in [3.63, 3.8) is 0 Å². The number of hydrogen-bond acceptors (Lipinski definition) is 5. The Bertz CT molecular complexity index is 597. The number of primary amides is 1. The molecule has 0 atom stereocenters. The van der Waals surface area contributed by atoms with Crippen molar-refractivity contribution < 1.29 is 13.9 Å². The monoisotopic (exact) mass is 479 g/mol. The number of amides is 1. The molecular weight excluding hydrogens is 449 g/mol. The average molecular weight is 479 g/mol. The summed E-state index contributed by atoms with van der Waals surface area (Å²) in [5.74, 6) is 0.878. The summed E-state index contributed by atoms with van der Waals surface area (Å²) in [6.45, 7) is 11.7. The number of morpholine rings is 1. The molecule has 0 spiro atoms. The predicted octanol–water partition coefficient (Wildman–Crippen LogP) is 1.16. The molecule has 148 valence electrons. The summed E-state index contributed by atoms with van der Waals surface area (Å²) in [6.07, 6.45) is 0. The summed E-state index contributed by atoms with van der Waals surface area (Å²) < 4.78 is 10.8. The van der Waals surface area contributed by atoms with E-state index in [4.69, 9.17) is 14.9 Å². The number of halogens is 1. The van der Waals surface area contributed by atoms with Gasteiger partial charge in [-0.25, -0.2) is 4.99 Å². The molecule has 4 N–H and O–H groups in total. The number of furan rings is 1. The Balaban J connectivity index is 0.00000338. The smallest absolute Gasteiger partial charge is 0.284 e. The molecule has 0 saturated carbocycles. The third-order valence-corrected chi connectivity index (χ3v) is 4.20. The molecule has 1 aromatic heterocycles. The maximum Gasteiger partial charge on any atom is 0.284 e. The SMILES string of the molecule is CCNC(=NCc1ccc(C(N)=O)o1)NCC(C)(C)N1CCOCC1.I. The maximum atomic E-state index is 11.1. The van der Waals surface area contributed by atoms with Crippen LogP contribution in [-0.2, 0) is 11.3 Å². The lowest BCUT2D eigenvalue weighted by atomic mass is 10.0. The standard InChI is InChI=1S/C17H29N5O3.HI/c1-4-19-16(20-11-13-5-6-14(25-13)15(18)23)21-12-17(2,3)22-7-9-24-10-8-22;/h5-6H,4,7-12H2,1-3H3,(H2,18,23)(H2,19,20,21);1H. The van der Waals surface area contributed by atoms with E-state index in [0.29, 0.717) is 18.3 Å². The summed E-state index contributed by atoms with van der Waals surface area (Å²) in [5, 5.41) is 6.60. The van der Waals surface area contributed by atoms with Gasteiger partial charge in [0.25, 0.3) is 5.91 Å². The highest BCUT2D eigenvalue weighted by Crippen LogP contribution is 2.15. The van der Waals surface area contributed by atoms with Gasteiger partial charge in [0.15, 0.2) is 11.7 Å². The van der Waals surface area contributed by atoms with E-state index < -0.39 is 5.91 Å². The van der Waals surface area contributed by atoms with Crippen LogP contribution in [0, 0.1) is 0 Å². The highest BCUT2D eigenvalue weighted by atomic mass is 127. The van der Waals surface area contributed by atoms with Gasteiger partial charge < -0.3 is 25.5 Å². The number of rotatable bonds is 7. The minimum Gasteiger partial charge on any atom is -0.454 e. The van der Waals surface area contributed by atoms with Crippen LogP contribution in [0.3, 0.4) is 0 Å². The van der Waals surface area contributed by atoms with E-state index in [1.54, 1.807) is 12.1 Å². The second-order valence-corrected chi connectivity index (χ2v) is 6.59. The summed E-state index contributed by atoms with van der Waals surface area (Å²) in [5.41, 5.74) is 5.18. The second kappa shape index (κ2) is 10.7. The molecule has 1 aliphatic rings. The fourth-order valence-electron chi connectivity index (χ4n) is 2.67. The summed E-state index contributed by atoms with van der Waals surface area (Å²) >= 11 is 0. The second-order valence-electron chi connectivity index (χ2n) is 6.59. The molecule has 0 aromatic carbocycles. The van der Waals surface area contributed by atoms with Crippen molar-refractivity contribution in [1.29, 1.82) is 0 Å². The van der Waals surface area contributed by atoms with Crippen LogP contribution in [0.5, 0.6) is 0 Å². The van der Waals surface area contributed by atoms with Crippen LogP contribution < -0.4 is 16.4 Å². The van der Waals surface area contributed by atoms with E-state index in [0.717, 1.165) is 39.4 Å². The Morgan fingerprint density at radius 1 is 1.31 bits per heavy atom. The van der Waals surface area contributed by atoms with Crippen molar-refractivity contribution in [3.8, 4) is 0 Å². The van der Waals surface area contributed by atoms with Gasteiger partial charge >= 0.3 is 0 Å². The van der Waals surface area contributed by atoms with Crippen LogP contribution in [0.2, 0.25) is 0 Å². The molecule has 1 amide bonds. The Hall–Kier alpha value is -1.33. The van der Waals surface area contributed by atoms with Gasteiger partial charge in [-0.2, -0.15) is 0 Å². The zero-order valence-electron chi connectivity index (χ0n) is 15.7. The molecular formula is C17H30IN5O3. The molecule has 2 rings (SSSR count). The molecule has 2 heterocycles. The van der Waals surface area contributed by atoms with Crippen LogP contribution >= 0.6 is 24.0 Å². The lowest BCUT2D eigenvalue weighted by Crippen LogP contribution is -2.56. The Kier molecular flexibility index (Phi) is 9.37. The number of hydrogen-bond donors (Lipinski definition) is 3. The van der Waals surface area contributed by atoms with Crippen molar-refractivity contribution in [3.05, 3.63) is 23.7 Å². The van der Waals surface area contributed by atoms with Gasteiger partial charge in [0.1, 0.15) is 12.3 Å². The molecule has 9 heteroatoms. The van der Waals surface area contributed by atoms with Gasteiger partial charge in [0, 0.05) is 31.7 Å². The first-order valence-electron chi connectivity index (χ1n) is 8.66. The van der Waals surface area contributed by atoms with Crippen molar-refractivity contribution in [2.75, 3.05) is 39.4 Å². The van der Waals surface area contributed by atoms with Crippen LogP contribution in [0.15, 0.2) is 21.5 Å². The largest absolute Gasteiger partial charge is 0.454 e. The van der Waals surface area contributed by atoms with Gasteiger partial charge in [-0.15, -0.1) is 24.0 Å². The normalized spacial score (nSPS) is 16.0. The van der Waals surface area contributed by atoms with Gasteiger partial charge in [-0.05, 0) is 32.9 Å². The van der Waals surface area contributed by atoms with E-state index >= 15 is 0 Å². The van der Waals surface area contributed by atoms with E-state index in [2.05, 4.69) is 34.4 Å². The molecule has 1 fully saturated rings. The quantitative estimate of drug-likeness (QED) is 0.308. The van der Waals surface area contributed by atoms with Crippen molar-refractivity contribution in [1.82, 2.24) is 15.5 Å². The number of carbonyl (C=O) groups is 1. The topological polar surface area (TPSA) is 105 Å². The third-order valence-electron chi connectivity index (χ3n) is 4.20. The fourth-order valence-corrected chi connectivity index (χ4v) is 2.67. The molecule has 1 saturated heterocycles. The molecule has 0 aliphatic carbocycles. The van der Waals surface area contributed by atoms with Crippen LogP contribution in [-0.4, -0.2) is 61.7 Å². The molecule has 26 heavy (non-hydrogen) atoms. The van der Waals surface area contributed by atoms with Gasteiger partial charge in [0.05, 0.1) is 13.2 Å². The summed E-state index contributed by atoms with van der Waals surface area (Å²) in [4.78, 5) is 18.0. The van der Waals surface area contributed by atoms with Crippen molar-refractivity contribution in [2.24, 2.45) is 10.7 Å². The van der Waals surface area contributed by atoms with E-state index in [9.17, 15) is 4.79 Å². The summed E-state index contributed by atoms with van der Waals surface area (Å²) in [7, 11) is 0. The Morgan fingerprint density at radius 3 is 2.58 bits per heavy atom. The molecule has 0 bridgehead atoms. The number of nitrogens with two attached hydrogens (primary N) is 1. The fraction of sp³-hybridized carbons (Fsp3) is 0.647. The number of aliphatic imine (C=N–C) groups is 1. The number of ether oxygens (including phenoxy) is 1. The number of nitrogens with zero attached hydrogens (tertiary/aromatic N) is 2. The highest BCUT2D eigenvalue weighted by molar-refractivity contribution is 14.0. The van der Waals surface area contributed by atoms with E-state index in [-0.39, 0.29) is 35.3 Å². The average Bonchev–Trinajstić information content (AvgIpc) is 3.07. The zero-order chi connectivity index (χ0) is 18.3. The predicted molar refractivity (Wildman–Crippen MR) is 112 cm³/mol.